The number of halogens is 2. The van der Waals surface area contributed by atoms with Gasteiger partial charge in [0.1, 0.15) is 11.8 Å². The first kappa shape index (κ1) is 12.6. The summed E-state index contributed by atoms with van der Waals surface area (Å²) >= 11 is 3.04. The molecular weight excluding hydrogens is 301 g/mol. The number of anilines is 1. The Morgan fingerprint density at radius 1 is 1.56 bits per heavy atom. The van der Waals surface area contributed by atoms with E-state index < -0.39 is 5.82 Å². The molecule has 0 aliphatic carbocycles. The van der Waals surface area contributed by atoms with E-state index in [0.29, 0.717) is 11.7 Å². The quantitative estimate of drug-likeness (QED) is 0.944. The molecule has 1 aromatic heterocycles. The molecule has 0 saturated heterocycles. The number of hydrogen-bond acceptors (Lipinski definition) is 4. The van der Waals surface area contributed by atoms with Gasteiger partial charge < -0.3 is 9.73 Å². The number of oxazole rings is 1. The van der Waals surface area contributed by atoms with Crippen LogP contribution in [-0.2, 0) is 6.54 Å². The Kier molecular flexibility index (Phi) is 3.63. The second kappa shape index (κ2) is 5.19. The summed E-state index contributed by atoms with van der Waals surface area (Å²) < 4.78 is 19.3. The van der Waals surface area contributed by atoms with E-state index in [2.05, 4.69) is 26.2 Å². The molecule has 0 aliphatic rings. The first-order valence-electron chi connectivity index (χ1n) is 5.15. The molecule has 1 aromatic carbocycles. The fourth-order valence-corrected chi connectivity index (χ4v) is 1.86. The van der Waals surface area contributed by atoms with E-state index in [1.54, 1.807) is 13.1 Å². The van der Waals surface area contributed by atoms with Gasteiger partial charge in [0, 0.05) is 0 Å². The van der Waals surface area contributed by atoms with Crippen LogP contribution < -0.4 is 5.32 Å². The minimum absolute atomic E-state index is 0.151. The lowest BCUT2D eigenvalue weighted by atomic mass is 10.2. The molecule has 4 nitrogen and oxygen atoms in total. The first-order valence-corrected chi connectivity index (χ1v) is 5.94. The summed E-state index contributed by atoms with van der Waals surface area (Å²) in [6, 6.07) is 4.94. The van der Waals surface area contributed by atoms with E-state index in [1.807, 2.05) is 6.07 Å². The van der Waals surface area contributed by atoms with E-state index >= 15 is 0 Å². The molecule has 0 amide bonds. The van der Waals surface area contributed by atoms with E-state index in [0.717, 1.165) is 0 Å². The maximum absolute atomic E-state index is 13.8. The van der Waals surface area contributed by atoms with Gasteiger partial charge in [0.25, 0.3) is 0 Å². The predicted molar refractivity (Wildman–Crippen MR) is 67.4 cm³/mol. The van der Waals surface area contributed by atoms with Crippen molar-refractivity contribution in [1.82, 2.24) is 4.98 Å². The maximum Gasteiger partial charge on any atom is 0.213 e. The molecule has 6 heteroatoms. The number of nitrogens with one attached hydrogen (secondary N) is 1. The number of nitrogens with zero attached hydrogens (tertiary/aromatic N) is 2. The Bertz CT molecular complexity index is 618. The zero-order valence-corrected chi connectivity index (χ0v) is 11.1. The third kappa shape index (κ3) is 2.51. The molecule has 18 heavy (non-hydrogen) atoms. The van der Waals surface area contributed by atoms with Crippen LogP contribution in [0.5, 0.6) is 0 Å². The Morgan fingerprint density at radius 2 is 2.33 bits per heavy atom. The normalized spacial score (nSPS) is 10.1. The van der Waals surface area contributed by atoms with Crippen molar-refractivity contribution in [3.63, 3.8) is 0 Å². The number of hydrogen-bond donors (Lipinski definition) is 1. The van der Waals surface area contributed by atoms with Crippen LogP contribution in [0.1, 0.15) is 17.2 Å². The van der Waals surface area contributed by atoms with Gasteiger partial charge in [-0.1, -0.05) is 0 Å². The summed E-state index contributed by atoms with van der Waals surface area (Å²) in [5.74, 6) is 0.679. The zero-order valence-electron chi connectivity index (χ0n) is 9.50. The average Bonchev–Trinajstić information content (AvgIpc) is 2.77. The topological polar surface area (TPSA) is 61.9 Å². The highest BCUT2D eigenvalue weighted by Crippen LogP contribution is 2.26. The molecular formula is C12H9BrFN3O. The van der Waals surface area contributed by atoms with Crippen molar-refractivity contribution in [1.29, 1.82) is 5.26 Å². The van der Waals surface area contributed by atoms with Gasteiger partial charge in [0.05, 0.1) is 28.5 Å². The molecule has 0 aliphatic heterocycles. The number of rotatable bonds is 3. The van der Waals surface area contributed by atoms with Gasteiger partial charge in [-0.25, -0.2) is 9.37 Å². The van der Waals surface area contributed by atoms with Crippen molar-refractivity contribution in [2.24, 2.45) is 0 Å². The molecule has 2 aromatic rings. The van der Waals surface area contributed by atoms with Gasteiger partial charge in [0.2, 0.25) is 5.89 Å². The maximum atomic E-state index is 13.8. The van der Waals surface area contributed by atoms with Crippen LogP contribution in [0, 0.1) is 24.1 Å². The van der Waals surface area contributed by atoms with E-state index in [1.165, 1.54) is 12.1 Å². The third-order valence-corrected chi connectivity index (χ3v) is 3.08. The van der Waals surface area contributed by atoms with Gasteiger partial charge in [-0.15, -0.1) is 0 Å². The Labute approximate surface area is 112 Å². The van der Waals surface area contributed by atoms with E-state index in [4.69, 9.17) is 9.68 Å². The summed E-state index contributed by atoms with van der Waals surface area (Å²) in [6.45, 7) is 2.07. The van der Waals surface area contributed by atoms with Crippen molar-refractivity contribution in [3.05, 3.63) is 45.8 Å². The molecule has 0 fully saturated rings. The first-order chi connectivity index (χ1) is 8.61. The number of benzene rings is 1. The van der Waals surface area contributed by atoms with Crippen LogP contribution in [-0.4, -0.2) is 4.98 Å². The Balaban J connectivity index is 2.15. The largest absolute Gasteiger partial charge is 0.444 e. The summed E-state index contributed by atoms with van der Waals surface area (Å²) in [5.41, 5.74) is 0.543. The smallest absolute Gasteiger partial charge is 0.213 e. The SMILES string of the molecule is Cc1cnc(CNc2ccc(C#N)c(Br)c2F)o1. The molecule has 0 atom stereocenters. The van der Waals surface area contributed by atoms with Crippen LogP contribution in [0.3, 0.4) is 0 Å². The summed E-state index contributed by atoms with van der Waals surface area (Å²) in [6.07, 6.45) is 1.60. The fraction of sp³-hybridized carbons (Fsp3) is 0.167. The van der Waals surface area contributed by atoms with Crippen LogP contribution >= 0.6 is 15.9 Å². The van der Waals surface area contributed by atoms with Crippen molar-refractivity contribution in [3.8, 4) is 6.07 Å². The zero-order chi connectivity index (χ0) is 13.1. The number of aryl methyl sites for hydroxylation is 1. The lowest BCUT2D eigenvalue weighted by Gasteiger charge is -2.07. The van der Waals surface area contributed by atoms with Gasteiger partial charge in [-0.2, -0.15) is 5.26 Å². The van der Waals surface area contributed by atoms with Gasteiger partial charge >= 0.3 is 0 Å². The van der Waals surface area contributed by atoms with Crippen LogP contribution in [0.4, 0.5) is 10.1 Å². The molecule has 92 valence electrons. The van der Waals surface area contributed by atoms with Crippen LogP contribution in [0.25, 0.3) is 0 Å². The van der Waals surface area contributed by atoms with Crippen molar-refractivity contribution in [2.45, 2.75) is 13.5 Å². The predicted octanol–water partition coefficient (Wildman–Crippen LogP) is 3.37. The molecule has 0 bridgehead atoms. The minimum atomic E-state index is -0.502. The molecule has 2 rings (SSSR count). The van der Waals surface area contributed by atoms with E-state index in [9.17, 15) is 4.39 Å². The standard InChI is InChI=1S/C12H9BrFN3O/c1-7-5-17-10(18-7)6-16-9-3-2-8(4-15)11(13)12(9)14/h2-3,5,16H,6H2,1H3. The average molecular weight is 310 g/mol. The monoisotopic (exact) mass is 309 g/mol. The van der Waals surface area contributed by atoms with E-state index in [-0.39, 0.29) is 22.3 Å². The summed E-state index contributed by atoms with van der Waals surface area (Å²) in [4.78, 5) is 4.00. The van der Waals surface area contributed by atoms with Crippen molar-refractivity contribution < 1.29 is 8.81 Å². The molecule has 0 saturated carbocycles. The lowest BCUT2D eigenvalue weighted by molar-refractivity contribution is 0.478. The molecule has 1 heterocycles. The number of aromatic nitrogens is 1. The minimum Gasteiger partial charge on any atom is -0.444 e. The number of nitriles is 1. The third-order valence-electron chi connectivity index (χ3n) is 2.30. The second-order valence-corrected chi connectivity index (χ2v) is 4.41. The van der Waals surface area contributed by atoms with Crippen LogP contribution in [0.15, 0.2) is 27.2 Å². The fourth-order valence-electron chi connectivity index (χ4n) is 1.43. The van der Waals surface area contributed by atoms with Crippen molar-refractivity contribution >= 4 is 21.6 Å². The van der Waals surface area contributed by atoms with Crippen molar-refractivity contribution in [2.75, 3.05) is 5.32 Å². The summed E-state index contributed by atoms with van der Waals surface area (Å²) in [5, 5.41) is 11.6. The Morgan fingerprint density at radius 3 is 2.94 bits per heavy atom. The molecule has 0 unspecified atom stereocenters. The molecule has 1 N–H and O–H groups in total. The Hall–Kier alpha value is -1.87. The highest BCUT2D eigenvalue weighted by molar-refractivity contribution is 9.10. The van der Waals surface area contributed by atoms with Gasteiger partial charge in [-0.3, -0.25) is 0 Å². The van der Waals surface area contributed by atoms with Gasteiger partial charge in [-0.05, 0) is 35.0 Å². The van der Waals surface area contributed by atoms with Crippen LogP contribution in [0.2, 0.25) is 0 Å². The second-order valence-electron chi connectivity index (χ2n) is 3.62. The molecule has 0 spiro atoms. The summed E-state index contributed by atoms with van der Waals surface area (Å²) in [7, 11) is 0. The molecule has 0 radical (unpaired) electrons. The lowest BCUT2D eigenvalue weighted by Crippen LogP contribution is -2.02. The van der Waals surface area contributed by atoms with Gasteiger partial charge in [0.15, 0.2) is 5.82 Å². The highest BCUT2D eigenvalue weighted by Gasteiger charge is 2.11. The highest BCUT2D eigenvalue weighted by atomic mass is 79.9.